The third-order valence-corrected chi connectivity index (χ3v) is 9.33. The fourth-order valence-electron chi connectivity index (χ4n) is 6.86. The van der Waals surface area contributed by atoms with Crippen LogP contribution in [0.3, 0.4) is 0 Å². The summed E-state index contributed by atoms with van der Waals surface area (Å²) in [4.78, 5) is 13.0. The van der Waals surface area contributed by atoms with E-state index in [0.717, 1.165) is 37.1 Å². The van der Waals surface area contributed by atoms with Crippen molar-refractivity contribution < 1.29 is 0 Å². The van der Waals surface area contributed by atoms with Gasteiger partial charge in [-0.2, -0.15) is 0 Å². The van der Waals surface area contributed by atoms with Crippen LogP contribution < -0.4 is 15.5 Å². The second-order valence-electron chi connectivity index (χ2n) is 10.9. The first-order chi connectivity index (χ1) is 14.7. The molecule has 1 aromatic rings. The molecule has 3 aliphatic rings. The number of aromatic nitrogens is 2. The molecule has 2 aliphatic carbocycles. The standard InChI is InChI=1S/C26H41N5/c1-18(12-15-31-17-30(6)24-22(31)23(27)28-16-29-24)9-10-21-19(2)11-14-25(4)20(3)8-7-13-26(21,25)5/h12,16,20-21H,2,7-11,13-15,17H2,1,3-6H3,(H2,27,28,29)/b18-12+/t20-,21-,25+,26+/m0/s1. The molecule has 0 unspecified atom stereocenters. The van der Waals surface area contributed by atoms with Crippen molar-refractivity contribution in [2.45, 2.75) is 72.6 Å². The number of fused-ring (bicyclic) bond motifs is 2. The molecule has 0 spiro atoms. The number of hydrogen-bond acceptors (Lipinski definition) is 5. The van der Waals surface area contributed by atoms with E-state index in [1.54, 1.807) is 6.33 Å². The SMILES string of the molecule is C=C1CC[C@]2(C)[C@@H](C)CCC[C@]2(C)[C@H]1CC/C(C)=C/CN1CN(C)c2ncnc(N)c21. The highest BCUT2D eigenvalue weighted by molar-refractivity contribution is 5.81. The maximum atomic E-state index is 6.15. The lowest BCUT2D eigenvalue weighted by molar-refractivity contribution is -0.0896. The van der Waals surface area contributed by atoms with E-state index >= 15 is 0 Å². The molecule has 0 saturated heterocycles. The van der Waals surface area contributed by atoms with E-state index in [-0.39, 0.29) is 0 Å². The topological polar surface area (TPSA) is 58.3 Å². The molecular weight excluding hydrogens is 382 g/mol. The summed E-state index contributed by atoms with van der Waals surface area (Å²) in [5, 5.41) is 0. The van der Waals surface area contributed by atoms with Gasteiger partial charge in [0, 0.05) is 13.6 Å². The molecule has 2 heterocycles. The molecule has 1 aliphatic heterocycles. The van der Waals surface area contributed by atoms with Gasteiger partial charge < -0.3 is 15.5 Å². The predicted molar refractivity (Wildman–Crippen MR) is 131 cm³/mol. The number of nitrogens with zero attached hydrogens (tertiary/aromatic N) is 4. The summed E-state index contributed by atoms with van der Waals surface area (Å²) in [7, 11) is 2.05. The van der Waals surface area contributed by atoms with E-state index in [4.69, 9.17) is 5.73 Å². The number of allylic oxidation sites excluding steroid dienone is 2. The van der Waals surface area contributed by atoms with E-state index < -0.39 is 0 Å². The second kappa shape index (κ2) is 8.14. The summed E-state index contributed by atoms with van der Waals surface area (Å²) in [6, 6.07) is 0. The number of nitrogens with two attached hydrogens (primary N) is 1. The Morgan fingerprint density at radius 3 is 2.84 bits per heavy atom. The van der Waals surface area contributed by atoms with Crippen molar-refractivity contribution in [1.29, 1.82) is 0 Å². The van der Waals surface area contributed by atoms with Crippen molar-refractivity contribution in [2.24, 2.45) is 22.7 Å². The van der Waals surface area contributed by atoms with Gasteiger partial charge >= 0.3 is 0 Å². The molecule has 0 bridgehead atoms. The van der Waals surface area contributed by atoms with Gasteiger partial charge in [-0.05, 0) is 61.7 Å². The van der Waals surface area contributed by atoms with E-state index in [0.29, 0.717) is 22.6 Å². The average molecular weight is 424 g/mol. The maximum absolute atomic E-state index is 6.15. The number of anilines is 3. The van der Waals surface area contributed by atoms with Crippen LogP contribution in [0.25, 0.3) is 0 Å². The van der Waals surface area contributed by atoms with Gasteiger partial charge in [-0.3, -0.25) is 0 Å². The first kappa shape index (κ1) is 22.2. The van der Waals surface area contributed by atoms with Gasteiger partial charge in [0.15, 0.2) is 11.6 Å². The van der Waals surface area contributed by atoms with Crippen LogP contribution in [-0.4, -0.2) is 30.2 Å². The first-order valence-corrected chi connectivity index (χ1v) is 12.1. The molecule has 170 valence electrons. The van der Waals surface area contributed by atoms with Crippen molar-refractivity contribution in [3.63, 3.8) is 0 Å². The minimum Gasteiger partial charge on any atom is -0.382 e. The molecule has 4 atom stereocenters. The fourth-order valence-corrected chi connectivity index (χ4v) is 6.86. The van der Waals surface area contributed by atoms with E-state index in [1.807, 2.05) is 0 Å². The molecule has 1 aromatic heterocycles. The van der Waals surface area contributed by atoms with Crippen LogP contribution >= 0.6 is 0 Å². The summed E-state index contributed by atoms with van der Waals surface area (Å²) >= 11 is 0. The van der Waals surface area contributed by atoms with Gasteiger partial charge in [-0.15, -0.1) is 0 Å². The molecular formula is C26H41N5. The van der Waals surface area contributed by atoms with Gasteiger partial charge in [0.2, 0.25) is 0 Å². The highest BCUT2D eigenvalue weighted by atomic mass is 15.4. The van der Waals surface area contributed by atoms with Gasteiger partial charge in [0.25, 0.3) is 0 Å². The molecule has 0 aromatic carbocycles. The Bertz CT molecular complexity index is 877. The Morgan fingerprint density at radius 1 is 1.29 bits per heavy atom. The summed E-state index contributed by atoms with van der Waals surface area (Å²) in [5.74, 6) is 2.95. The average Bonchev–Trinajstić information content (AvgIpc) is 3.05. The summed E-state index contributed by atoms with van der Waals surface area (Å²) in [6.45, 7) is 16.1. The largest absolute Gasteiger partial charge is 0.382 e. The van der Waals surface area contributed by atoms with Crippen LogP contribution in [0.2, 0.25) is 0 Å². The maximum Gasteiger partial charge on any atom is 0.159 e. The molecule has 2 N–H and O–H groups in total. The Hall–Kier alpha value is -2.04. The summed E-state index contributed by atoms with van der Waals surface area (Å²) in [5.41, 5.74) is 10.9. The third kappa shape index (κ3) is 3.64. The molecule has 5 nitrogen and oxygen atoms in total. The van der Waals surface area contributed by atoms with Crippen molar-refractivity contribution >= 4 is 17.3 Å². The lowest BCUT2D eigenvalue weighted by Gasteiger charge is -2.61. The van der Waals surface area contributed by atoms with Crippen LogP contribution in [0, 0.1) is 22.7 Å². The van der Waals surface area contributed by atoms with Crippen molar-refractivity contribution in [1.82, 2.24) is 9.97 Å². The lowest BCUT2D eigenvalue weighted by Crippen LogP contribution is -2.52. The third-order valence-electron chi connectivity index (χ3n) is 9.33. The van der Waals surface area contributed by atoms with Crippen LogP contribution in [0.4, 0.5) is 17.3 Å². The Morgan fingerprint density at radius 2 is 2.06 bits per heavy atom. The summed E-state index contributed by atoms with van der Waals surface area (Å²) < 4.78 is 0. The van der Waals surface area contributed by atoms with Gasteiger partial charge in [-0.25, -0.2) is 9.97 Å². The number of hydrogen-bond donors (Lipinski definition) is 1. The number of rotatable bonds is 5. The Balaban J connectivity index is 1.43. The molecule has 5 heteroatoms. The molecule has 4 rings (SSSR count). The summed E-state index contributed by atoms with van der Waals surface area (Å²) in [6.07, 6.45) is 12.9. The molecule has 2 saturated carbocycles. The molecule has 0 radical (unpaired) electrons. The lowest BCUT2D eigenvalue weighted by atomic mass is 9.43. The van der Waals surface area contributed by atoms with E-state index in [1.165, 1.54) is 49.7 Å². The predicted octanol–water partition coefficient (Wildman–Crippen LogP) is 5.80. The van der Waals surface area contributed by atoms with Crippen LogP contribution in [0.1, 0.15) is 72.6 Å². The van der Waals surface area contributed by atoms with Crippen LogP contribution in [0.5, 0.6) is 0 Å². The minimum absolute atomic E-state index is 0.392. The Labute approximate surface area is 188 Å². The van der Waals surface area contributed by atoms with Crippen LogP contribution in [0.15, 0.2) is 30.1 Å². The fraction of sp³-hybridized carbons (Fsp3) is 0.692. The zero-order valence-electron chi connectivity index (χ0n) is 20.2. The van der Waals surface area contributed by atoms with E-state index in [9.17, 15) is 0 Å². The van der Waals surface area contributed by atoms with Gasteiger partial charge in [0.05, 0.1) is 6.67 Å². The molecule has 2 fully saturated rings. The highest BCUT2D eigenvalue weighted by Crippen LogP contribution is 2.65. The van der Waals surface area contributed by atoms with Crippen LogP contribution in [-0.2, 0) is 0 Å². The van der Waals surface area contributed by atoms with Crippen molar-refractivity contribution in [2.75, 3.05) is 35.8 Å². The van der Waals surface area contributed by atoms with Gasteiger partial charge in [-0.1, -0.05) is 57.4 Å². The molecule has 0 amide bonds. The smallest absolute Gasteiger partial charge is 0.159 e. The highest BCUT2D eigenvalue weighted by Gasteiger charge is 2.55. The van der Waals surface area contributed by atoms with Crippen molar-refractivity contribution in [3.05, 3.63) is 30.1 Å². The van der Waals surface area contributed by atoms with Gasteiger partial charge in [0.1, 0.15) is 12.0 Å². The quantitative estimate of drug-likeness (QED) is 0.607. The Kier molecular flexibility index (Phi) is 5.82. The zero-order chi connectivity index (χ0) is 22.4. The second-order valence-corrected chi connectivity index (χ2v) is 10.9. The van der Waals surface area contributed by atoms with E-state index in [2.05, 4.69) is 67.2 Å². The normalized spacial score (nSPS) is 33.5. The van der Waals surface area contributed by atoms with Crippen molar-refractivity contribution in [3.8, 4) is 0 Å². The minimum atomic E-state index is 0.392. The monoisotopic (exact) mass is 423 g/mol. The molecule has 31 heavy (non-hydrogen) atoms. The zero-order valence-corrected chi connectivity index (χ0v) is 20.2. The first-order valence-electron chi connectivity index (χ1n) is 12.1. The number of nitrogen functional groups attached to an aromatic ring is 1.